The van der Waals surface area contributed by atoms with Gasteiger partial charge in [-0.2, -0.15) is 0 Å². The van der Waals surface area contributed by atoms with Crippen LogP contribution in [0.25, 0.3) is 6.08 Å². The molecule has 28 heavy (non-hydrogen) atoms. The van der Waals surface area contributed by atoms with E-state index in [2.05, 4.69) is 10.3 Å². The fraction of sp³-hybridized carbons (Fsp3) is 0.105. The fourth-order valence-electron chi connectivity index (χ4n) is 2.20. The lowest BCUT2D eigenvalue weighted by Crippen LogP contribution is -2.22. The molecular formula is C19H14Cl2N2O4S. The second-order valence-electron chi connectivity index (χ2n) is 5.75. The van der Waals surface area contributed by atoms with Gasteiger partial charge >= 0.3 is 5.97 Å². The minimum atomic E-state index is -1.04. The number of aliphatic imine (C=N–C) groups is 1. The molecule has 3 rings (SSSR count). The number of carbonyl (C=O) groups excluding carboxylic acids is 1. The Balaban J connectivity index is 1.72. The number of aliphatic carboxylic acids is 1. The number of amidine groups is 1. The first-order valence-electron chi connectivity index (χ1n) is 8.06. The third-order valence-corrected chi connectivity index (χ3v) is 5.27. The first-order valence-corrected chi connectivity index (χ1v) is 9.63. The van der Waals surface area contributed by atoms with Gasteiger partial charge in [-0.15, -0.1) is 0 Å². The summed E-state index contributed by atoms with van der Waals surface area (Å²) in [5.41, 5.74) is 1.34. The maximum absolute atomic E-state index is 12.2. The summed E-state index contributed by atoms with van der Waals surface area (Å²) in [6.07, 6.45) is 0.766. The molecule has 0 unspecified atom stereocenters. The molecular weight excluding hydrogens is 423 g/mol. The van der Waals surface area contributed by atoms with Crippen molar-refractivity contribution in [2.75, 3.05) is 0 Å². The summed E-state index contributed by atoms with van der Waals surface area (Å²) in [5, 5.41) is 12.8. The van der Waals surface area contributed by atoms with Crippen LogP contribution in [0.4, 0.5) is 5.69 Å². The molecule has 1 saturated heterocycles. The monoisotopic (exact) mass is 436 g/mol. The molecule has 1 aliphatic rings. The van der Waals surface area contributed by atoms with Crippen LogP contribution in [0.1, 0.15) is 12.5 Å². The Morgan fingerprint density at radius 3 is 2.57 bits per heavy atom. The molecule has 0 saturated carbocycles. The van der Waals surface area contributed by atoms with Gasteiger partial charge in [0.25, 0.3) is 5.91 Å². The fourth-order valence-corrected chi connectivity index (χ4v) is 3.34. The van der Waals surface area contributed by atoms with Gasteiger partial charge in [-0.3, -0.25) is 4.79 Å². The lowest BCUT2D eigenvalue weighted by molar-refractivity contribution is -0.144. The zero-order valence-electron chi connectivity index (χ0n) is 14.5. The van der Waals surface area contributed by atoms with Crippen LogP contribution in [-0.4, -0.2) is 28.3 Å². The molecule has 1 atom stereocenters. The highest BCUT2D eigenvalue weighted by molar-refractivity contribution is 8.18. The number of rotatable bonds is 5. The van der Waals surface area contributed by atoms with Gasteiger partial charge in [0.15, 0.2) is 11.3 Å². The van der Waals surface area contributed by atoms with Crippen LogP contribution >= 0.6 is 35.0 Å². The van der Waals surface area contributed by atoms with E-state index in [9.17, 15) is 9.59 Å². The normalized spacial score (nSPS) is 17.6. The average Bonchev–Trinajstić information content (AvgIpc) is 2.98. The Bertz CT molecular complexity index is 990. The summed E-state index contributed by atoms with van der Waals surface area (Å²) >= 11 is 13.1. The van der Waals surface area contributed by atoms with E-state index >= 15 is 0 Å². The van der Waals surface area contributed by atoms with E-state index in [0.29, 0.717) is 31.6 Å². The van der Waals surface area contributed by atoms with Crippen molar-refractivity contribution >= 4 is 63.8 Å². The van der Waals surface area contributed by atoms with Gasteiger partial charge in [0.2, 0.25) is 0 Å². The third kappa shape index (κ3) is 5.07. The first kappa shape index (κ1) is 20.3. The molecule has 1 fully saturated rings. The highest BCUT2D eigenvalue weighted by atomic mass is 35.5. The first-order chi connectivity index (χ1) is 13.3. The average molecular weight is 437 g/mol. The lowest BCUT2D eigenvalue weighted by Gasteiger charge is -2.10. The topological polar surface area (TPSA) is 88.0 Å². The van der Waals surface area contributed by atoms with Gasteiger partial charge in [0, 0.05) is 0 Å². The van der Waals surface area contributed by atoms with Crippen molar-refractivity contribution in [2.24, 2.45) is 4.99 Å². The number of benzene rings is 2. The number of amides is 1. The summed E-state index contributed by atoms with van der Waals surface area (Å²) < 4.78 is 5.28. The molecule has 0 radical (unpaired) electrons. The molecule has 144 valence electrons. The molecule has 1 amide bonds. The van der Waals surface area contributed by atoms with Gasteiger partial charge in [-0.25, -0.2) is 9.79 Å². The van der Waals surface area contributed by atoms with Crippen molar-refractivity contribution in [3.8, 4) is 5.75 Å². The van der Waals surface area contributed by atoms with Crippen molar-refractivity contribution in [1.29, 1.82) is 0 Å². The molecule has 1 aliphatic heterocycles. The SMILES string of the molecule is C[C@H](Oc1ccc(/C=C2\SC(=Nc3ccc(Cl)c(Cl)c3)NC2=O)cc1)C(=O)O. The van der Waals surface area contributed by atoms with E-state index < -0.39 is 12.1 Å². The maximum Gasteiger partial charge on any atom is 0.344 e. The van der Waals surface area contributed by atoms with Crippen molar-refractivity contribution < 1.29 is 19.4 Å². The second kappa shape index (κ2) is 8.68. The van der Waals surface area contributed by atoms with E-state index in [1.165, 1.54) is 18.7 Å². The zero-order valence-corrected chi connectivity index (χ0v) is 16.8. The Kier molecular flexibility index (Phi) is 6.28. The Hall–Kier alpha value is -2.48. The number of carboxylic acid groups (broad SMARTS) is 1. The number of hydrogen-bond donors (Lipinski definition) is 2. The van der Waals surface area contributed by atoms with Crippen molar-refractivity contribution in [3.63, 3.8) is 0 Å². The highest BCUT2D eigenvalue weighted by Gasteiger charge is 2.24. The van der Waals surface area contributed by atoms with E-state index in [1.807, 2.05) is 0 Å². The Morgan fingerprint density at radius 1 is 1.21 bits per heavy atom. The van der Waals surface area contributed by atoms with Gasteiger partial charge in [-0.05, 0) is 60.7 Å². The summed E-state index contributed by atoms with van der Waals surface area (Å²) in [7, 11) is 0. The highest BCUT2D eigenvalue weighted by Crippen LogP contribution is 2.31. The predicted octanol–water partition coefficient (Wildman–Crippen LogP) is 4.74. The van der Waals surface area contributed by atoms with Crippen molar-refractivity contribution in [1.82, 2.24) is 5.32 Å². The Labute approximate surface area is 175 Å². The number of halogens is 2. The van der Waals surface area contributed by atoms with E-state index in [-0.39, 0.29) is 5.91 Å². The quantitative estimate of drug-likeness (QED) is 0.660. The molecule has 0 spiro atoms. The van der Waals surface area contributed by atoms with Crippen molar-refractivity contribution in [2.45, 2.75) is 13.0 Å². The maximum atomic E-state index is 12.2. The van der Waals surface area contributed by atoms with Crippen molar-refractivity contribution in [3.05, 3.63) is 63.0 Å². The minimum absolute atomic E-state index is 0.261. The molecule has 2 N–H and O–H groups in total. The molecule has 1 heterocycles. The molecule has 0 bridgehead atoms. The number of hydrogen-bond acceptors (Lipinski definition) is 5. The van der Waals surface area contributed by atoms with Crippen LogP contribution < -0.4 is 10.1 Å². The number of nitrogens with one attached hydrogen (secondary N) is 1. The predicted molar refractivity (Wildman–Crippen MR) is 111 cm³/mol. The summed E-state index contributed by atoms with van der Waals surface area (Å²) in [4.78, 5) is 27.8. The van der Waals surface area contributed by atoms with E-state index in [4.69, 9.17) is 33.0 Å². The van der Waals surface area contributed by atoms with Crippen LogP contribution in [0, 0.1) is 0 Å². The second-order valence-corrected chi connectivity index (χ2v) is 7.59. The smallest absolute Gasteiger partial charge is 0.344 e. The van der Waals surface area contributed by atoms with E-state index in [0.717, 1.165) is 5.56 Å². The standard InChI is InChI=1S/C19H14Cl2N2O4S/c1-10(18(25)26)27-13-5-2-11(3-6-13)8-16-17(24)23-19(28-16)22-12-4-7-14(20)15(21)9-12/h2-10H,1H3,(H,25,26)(H,22,23,24)/b16-8-/t10-/m0/s1. The number of carbonyl (C=O) groups is 2. The largest absolute Gasteiger partial charge is 0.479 e. The van der Waals surface area contributed by atoms with Crippen LogP contribution in [0.15, 0.2) is 52.4 Å². The minimum Gasteiger partial charge on any atom is -0.479 e. The van der Waals surface area contributed by atoms with Crippen LogP contribution in [0.3, 0.4) is 0 Å². The number of nitrogens with zero attached hydrogens (tertiary/aromatic N) is 1. The van der Waals surface area contributed by atoms with Gasteiger partial charge < -0.3 is 15.2 Å². The van der Waals surface area contributed by atoms with Crippen LogP contribution in [0.2, 0.25) is 10.0 Å². The van der Waals surface area contributed by atoms with Crippen LogP contribution in [-0.2, 0) is 9.59 Å². The van der Waals surface area contributed by atoms with Gasteiger partial charge in [-0.1, -0.05) is 35.3 Å². The summed E-state index contributed by atoms with van der Waals surface area (Å²) in [5.74, 6) is -0.870. The summed E-state index contributed by atoms with van der Waals surface area (Å²) in [6.45, 7) is 1.45. The van der Waals surface area contributed by atoms with E-state index in [1.54, 1.807) is 48.5 Å². The molecule has 2 aromatic carbocycles. The molecule has 9 heteroatoms. The number of carboxylic acids is 1. The third-order valence-electron chi connectivity index (χ3n) is 3.62. The number of thioether (sulfide) groups is 1. The van der Waals surface area contributed by atoms with Gasteiger partial charge in [0.1, 0.15) is 5.75 Å². The molecule has 0 aliphatic carbocycles. The molecule has 6 nitrogen and oxygen atoms in total. The zero-order chi connectivity index (χ0) is 20.3. The molecule has 0 aromatic heterocycles. The lowest BCUT2D eigenvalue weighted by atomic mass is 10.2. The summed E-state index contributed by atoms with van der Waals surface area (Å²) in [6, 6.07) is 11.7. The Morgan fingerprint density at radius 2 is 1.93 bits per heavy atom. The van der Waals surface area contributed by atoms with Crippen LogP contribution in [0.5, 0.6) is 5.75 Å². The number of ether oxygens (including phenoxy) is 1. The van der Waals surface area contributed by atoms with Gasteiger partial charge in [0.05, 0.1) is 20.6 Å². The molecule has 2 aromatic rings.